The molecule has 13 nitrogen and oxygen atoms in total. The van der Waals surface area contributed by atoms with Crippen LogP contribution in [0.15, 0.2) is 61.1 Å². The average molecular weight is 497 g/mol. The van der Waals surface area contributed by atoms with E-state index >= 15 is 0 Å². The molecular weight excluding hydrogens is 474 g/mol. The minimum Gasteiger partial charge on any atom is -0.469 e. The molecule has 3 rings (SSSR count). The van der Waals surface area contributed by atoms with Gasteiger partial charge in [0.05, 0.1) is 47.5 Å². The number of nitro groups is 2. The summed E-state index contributed by atoms with van der Waals surface area (Å²) in [4.78, 5) is 51.2. The smallest absolute Gasteiger partial charge is 0.410 e. The van der Waals surface area contributed by atoms with Crippen LogP contribution >= 0.6 is 0 Å². The molecular formula is C23H23N5O8. The molecule has 0 bridgehead atoms. The quantitative estimate of drug-likeness (QED) is 0.232. The summed E-state index contributed by atoms with van der Waals surface area (Å²) in [5.41, 5.74) is 0.399. The van der Waals surface area contributed by atoms with Gasteiger partial charge >= 0.3 is 12.1 Å². The highest BCUT2D eigenvalue weighted by Gasteiger charge is 2.26. The molecule has 13 heteroatoms. The predicted molar refractivity (Wildman–Crippen MR) is 125 cm³/mol. The van der Waals surface area contributed by atoms with E-state index in [-0.39, 0.29) is 25.1 Å². The topological polar surface area (TPSA) is 160 Å². The molecule has 0 saturated heterocycles. The standard InChI is InChI=1S/C23H23N5O8/c1-25(23(30)36-14-16-6-4-3-5-7-16)19(12-22(29)35-2)10-17-13-26(15-24-17)20-9-8-18(27(31)32)11-21(20)28(33)34/h3-9,11,13,15,19H,10,12,14H2,1-2H3/t19-/m0/s1. The summed E-state index contributed by atoms with van der Waals surface area (Å²) < 4.78 is 11.4. The van der Waals surface area contributed by atoms with E-state index in [2.05, 4.69) is 4.98 Å². The number of rotatable bonds is 10. The number of non-ortho nitro benzene ring substituents is 1. The Morgan fingerprint density at radius 1 is 1.11 bits per heavy atom. The second-order valence-corrected chi connectivity index (χ2v) is 7.75. The lowest BCUT2D eigenvalue weighted by molar-refractivity contribution is -0.394. The minimum absolute atomic E-state index is 0.0490. The van der Waals surface area contributed by atoms with Gasteiger partial charge < -0.3 is 14.4 Å². The van der Waals surface area contributed by atoms with Gasteiger partial charge in [0, 0.05) is 25.7 Å². The summed E-state index contributed by atoms with van der Waals surface area (Å²) in [7, 11) is 2.72. The van der Waals surface area contributed by atoms with Gasteiger partial charge in [-0.25, -0.2) is 9.78 Å². The number of methoxy groups -OCH3 is 1. The number of hydrogen-bond acceptors (Lipinski definition) is 9. The highest BCUT2D eigenvalue weighted by molar-refractivity contribution is 5.72. The number of benzene rings is 2. The van der Waals surface area contributed by atoms with Gasteiger partial charge in [-0.05, 0) is 11.6 Å². The Bertz CT molecular complexity index is 1260. The van der Waals surface area contributed by atoms with E-state index in [1.54, 1.807) is 0 Å². The molecule has 1 aromatic heterocycles. The molecule has 0 unspecified atom stereocenters. The van der Waals surface area contributed by atoms with Crippen LogP contribution in [0.5, 0.6) is 0 Å². The fourth-order valence-corrected chi connectivity index (χ4v) is 3.42. The Labute approximate surface area is 205 Å². The van der Waals surface area contributed by atoms with Gasteiger partial charge in [0.15, 0.2) is 0 Å². The molecule has 0 fully saturated rings. The van der Waals surface area contributed by atoms with Crippen LogP contribution in [0.4, 0.5) is 16.2 Å². The number of hydrogen-bond donors (Lipinski definition) is 0. The van der Waals surface area contributed by atoms with Gasteiger partial charge in [-0.1, -0.05) is 30.3 Å². The number of nitrogens with zero attached hydrogens (tertiary/aromatic N) is 5. The van der Waals surface area contributed by atoms with E-state index in [4.69, 9.17) is 9.47 Å². The van der Waals surface area contributed by atoms with Crippen LogP contribution in [-0.4, -0.2) is 56.6 Å². The molecule has 0 aliphatic carbocycles. The number of aromatic nitrogens is 2. The lowest BCUT2D eigenvalue weighted by atomic mass is 10.1. The zero-order valence-electron chi connectivity index (χ0n) is 19.5. The monoisotopic (exact) mass is 497 g/mol. The first kappa shape index (κ1) is 25.8. The number of carbonyl (C=O) groups excluding carboxylic acids is 2. The summed E-state index contributed by atoms with van der Waals surface area (Å²) in [6, 6.07) is 11.7. The molecule has 1 heterocycles. The van der Waals surface area contributed by atoms with E-state index in [0.717, 1.165) is 17.7 Å². The maximum atomic E-state index is 12.6. The van der Waals surface area contributed by atoms with Gasteiger partial charge in [0.2, 0.25) is 0 Å². The van der Waals surface area contributed by atoms with E-state index in [9.17, 15) is 29.8 Å². The average Bonchev–Trinajstić information content (AvgIpc) is 3.34. The molecule has 0 N–H and O–H groups in total. The number of likely N-dealkylation sites (N-methyl/N-ethyl adjacent to an activating group) is 1. The first-order valence-electron chi connectivity index (χ1n) is 10.7. The first-order chi connectivity index (χ1) is 17.2. The third-order valence-corrected chi connectivity index (χ3v) is 5.40. The van der Waals surface area contributed by atoms with E-state index < -0.39 is 39.3 Å². The zero-order chi connectivity index (χ0) is 26.2. The normalized spacial score (nSPS) is 11.4. The molecule has 188 valence electrons. The van der Waals surface area contributed by atoms with Gasteiger partial charge in [-0.15, -0.1) is 0 Å². The lowest BCUT2D eigenvalue weighted by Gasteiger charge is -2.26. The lowest BCUT2D eigenvalue weighted by Crippen LogP contribution is -2.40. The molecule has 2 aromatic carbocycles. The minimum atomic E-state index is -0.724. The second kappa shape index (κ2) is 11.6. The molecule has 3 aromatic rings. The van der Waals surface area contributed by atoms with Crippen molar-refractivity contribution < 1.29 is 28.9 Å². The summed E-state index contributed by atoms with van der Waals surface area (Å²) >= 11 is 0. The molecule has 0 aliphatic rings. The van der Waals surface area contributed by atoms with Crippen molar-refractivity contribution in [3.63, 3.8) is 0 Å². The van der Waals surface area contributed by atoms with Crippen LogP contribution in [0.2, 0.25) is 0 Å². The number of amides is 1. The van der Waals surface area contributed by atoms with Crippen LogP contribution in [0.3, 0.4) is 0 Å². The van der Waals surface area contributed by atoms with Crippen molar-refractivity contribution in [1.82, 2.24) is 14.5 Å². The first-order valence-corrected chi connectivity index (χ1v) is 10.7. The second-order valence-electron chi connectivity index (χ2n) is 7.75. The summed E-state index contributed by atoms with van der Waals surface area (Å²) in [6.07, 6.45) is 2.12. The largest absolute Gasteiger partial charge is 0.469 e. The van der Waals surface area contributed by atoms with E-state index in [1.807, 2.05) is 30.3 Å². The number of carbonyl (C=O) groups is 2. The SMILES string of the molecule is COC(=O)C[C@H](Cc1cn(-c2ccc([N+](=O)[O-])cc2[N+](=O)[O-])cn1)N(C)C(=O)OCc1ccccc1. The summed E-state index contributed by atoms with van der Waals surface area (Å²) in [5.74, 6) is -0.548. The van der Waals surface area contributed by atoms with Crippen LogP contribution < -0.4 is 0 Å². The number of esters is 1. The molecule has 0 saturated carbocycles. The van der Waals surface area contributed by atoms with Crippen molar-refractivity contribution in [2.24, 2.45) is 0 Å². The molecule has 0 radical (unpaired) electrons. The van der Waals surface area contributed by atoms with Crippen molar-refractivity contribution in [3.05, 3.63) is 92.5 Å². The third kappa shape index (κ3) is 6.40. The molecule has 0 aliphatic heterocycles. The Morgan fingerprint density at radius 2 is 1.83 bits per heavy atom. The van der Waals surface area contributed by atoms with Crippen LogP contribution in [-0.2, 0) is 27.3 Å². The van der Waals surface area contributed by atoms with Crippen molar-refractivity contribution in [2.75, 3.05) is 14.2 Å². The van der Waals surface area contributed by atoms with Crippen molar-refractivity contribution in [1.29, 1.82) is 0 Å². The zero-order valence-corrected chi connectivity index (χ0v) is 19.5. The maximum absolute atomic E-state index is 12.6. The molecule has 0 spiro atoms. The van der Waals surface area contributed by atoms with Crippen molar-refractivity contribution >= 4 is 23.4 Å². The summed E-state index contributed by atoms with van der Waals surface area (Å²) in [5, 5.41) is 22.5. The van der Waals surface area contributed by atoms with Crippen LogP contribution in [0.1, 0.15) is 17.7 Å². The maximum Gasteiger partial charge on any atom is 0.410 e. The third-order valence-electron chi connectivity index (χ3n) is 5.40. The summed E-state index contributed by atoms with van der Waals surface area (Å²) in [6.45, 7) is 0.0490. The van der Waals surface area contributed by atoms with E-state index in [1.165, 1.54) is 42.2 Å². The fourth-order valence-electron chi connectivity index (χ4n) is 3.42. The fraction of sp³-hybridized carbons (Fsp3) is 0.261. The van der Waals surface area contributed by atoms with Crippen molar-refractivity contribution in [2.45, 2.75) is 25.5 Å². The molecule has 36 heavy (non-hydrogen) atoms. The number of nitro benzene ring substituents is 2. The van der Waals surface area contributed by atoms with Crippen molar-refractivity contribution in [3.8, 4) is 5.69 Å². The van der Waals surface area contributed by atoms with E-state index in [0.29, 0.717) is 5.69 Å². The Morgan fingerprint density at radius 3 is 2.47 bits per heavy atom. The molecule has 1 amide bonds. The Kier molecular flexibility index (Phi) is 8.28. The van der Waals surface area contributed by atoms with Crippen LogP contribution in [0.25, 0.3) is 5.69 Å². The Balaban J connectivity index is 1.79. The predicted octanol–water partition coefficient (Wildman–Crippen LogP) is 3.43. The van der Waals surface area contributed by atoms with Gasteiger partial charge in [0.1, 0.15) is 12.3 Å². The highest BCUT2D eigenvalue weighted by Crippen LogP contribution is 2.28. The number of ether oxygens (including phenoxy) is 2. The van der Waals surface area contributed by atoms with Gasteiger partial charge in [0.25, 0.3) is 11.4 Å². The molecule has 1 atom stereocenters. The highest BCUT2D eigenvalue weighted by atomic mass is 16.6. The number of imidazole rings is 1. The van der Waals surface area contributed by atoms with Gasteiger partial charge in [-0.3, -0.25) is 29.6 Å². The van der Waals surface area contributed by atoms with Crippen LogP contribution in [0, 0.1) is 20.2 Å². The Hall–Kier alpha value is -4.81. The van der Waals surface area contributed by atoms with Gasteiger partial charge in [-0.2, -0.15) is 0 Å².